The van der Waals surface area contributed by atoms with E-state index in [2.05, 4.69) is 66.0 Å². The van der Waals surface area contributed by atoms with Gasteiger partial charge in [-0.25, -0.2) is 23.1 Å². The molecule has 0 saturated carbocycles. The Balaban J connectivity index is 1.59. The molecule has 2 heterocycles. The fraction of sp³-hybridized carbons (Fsp3) is 0.333. The van der Waals surface area contributed by atoms with Gasteiger partial charge in [-0.15, -0.1) is 0 Å². The molecule has 8 nitrogen and oxygen atoms in total. The normalized spacial score (nSPS) is 14.3. The lowest BCUT2D eigenvalue weighted by Gasteiger charge is -2.29. The number of aromatic nitrogens is 2. The molecule has 1 saturated heterocycles. The van der Waals surface area contributed by atoms with Crippen LogP contribution in [0.4, 0.5) is 17.2 Å². The highest BCUT2D eigenvalue weighted by Crippen LogP contribution is 2.29. The fourth-order valence-corrected chi connectivity index (χ4v) is 5.10. The number of hydrogen-bond acceptors (Lipinski definition) is 7. The van der Waals surface area contributed by atoms with Crippen LogP contribution in [0, 0.1) is 0 Å². The predicted molar refractivity (Wildman–Crippen MR) is 137 cm³/mol. The number of para-hydroxylation sites is 1. The molecule has 2 aromatic carbocycles. The number of halogens is 1. The Morgan fingerprint density at radius 1 is 1.12 bits per heavy atom. The minimum absolute atomic E-state index is 0.150. The second-order valence-electron chi connectivity index (χ2n) is 7.89. The van der Waals surface area contributed by atoms with Gasteiger partial charge in [0.25, 0.3) is 0 Å². The summed E-state index contributed by atoms with van der Waals surface area (Å²) in [7, 11) is -2.24. The third kappa shape index (κ3) is 5.57. The van der Waals surface area contributed by atoms with Gasteiger partial charge in [0, 0.05) is 31.4 Å². The average Bonchev–Trinajstić information content (AvgIpc) is 2.87. The van der Waals surface area contributed by atoms with Gasteiger partial charge in [0.15, 0.2) is 0 Å². The molecule has 180 valence electrons. The molecule has 0 spiro atoms. The first-order valence-electron chi connectivity index (χ1n) is 11.2. The number of anilines is 3. The van der Waals surface area contributed by atoms with Gasteiger partial charge >= 0.3 is 0 Å². The van der Waals surface area contributed by atoms with E-state index in [-0.39, 0.29) is 4.90 Å². The topological polar surface area (TPSA) is 96.5 Å². The standard InChI is InChI=1S/C24H28BrN5O3S/c1-3-17-14-19(30-10-12-33-13-11-30)9-8-18(17)15-23-27-16-20(25)24(29-23)28-21-6-4-5-7-22(21)34(31,32)26-2/h4-9,14,16,26H,3,10-13,15H2,1-2H3,(H,27,28,29). The lowest BCUT2D eigenvalue weighted by atomic mass is 10.0. The summed E-state index contributed by atoms with van der Waals surface area (Å²) >= 11 is 3.48. The zero-order valence-electron chi connectivity index (χ0n) is 19.2. The van der Waals surface area contributed by atoms with Gasteiger partial charge < -0.3 is 15.0 Å². The molecule has 2 N–H and O–H groups in total. The van der Waals surface area contributed by atoms with Gasteiger partial charge in [-0.3, -0.25) is 0 Å². The molecular weight excluding hydrogens is 518 g/mol. The van der Waals surface area contributed by atoms with Crippen LogP contribution in [0.5, 0.6) is 0 Å². The minimum atomic E-state index is -3.63. The maximum Gasteiger partial charge on any atom is 0.242 e. The lowest BCUT2D eigenvalue weighted by molar-refractivity contribution is 0.122. The Morgan fingerprint density at radius 3 is 2.62 bits per heavy atom. The first kappa shape index (κ1) is 24.6. The zero-order chi connectivity index (χ0) is 24.1. The number of rotatable bonds is 8. The summed E-state index contributed by atoms with van der Waals surface area (Å²) in [5.41, 5.74) is 4.08. The molecule has 0 bridgehead atoms. The molecule has 3 aromatic rings. The van der Waals surface area contributed by atoms with E-state index < -0.39 is 10.0 Å². The summed E-state index contributed by atoms with van der Waals surface area (Å²) in [6.07, 6.45) is 3.17. The molecule has 4 rings (SSSR count). The van der Waals surface area contributed by atoms with Crippen molar-refractivity contribution < 1.29 is 13.2 Å². The molecule has 1 aliphatic rings. The van der Waals surface area contributed by atoms with Gasteiger partial charge in [-0.1, -0.05) is 25.1 Å². The molecule has 34 heavy (non-hydrogen) atoms. The van der Waals surface area contributed by atoms with E-state index in [0.29, 0.717) is 28.2 Å². The number of ether oxygens (including phenoxy) is 1. The first-order valence-corrected chi connectivity index (χ1v) is 13.4. The van der Waals surface area contributed by atoms with E-state index in [4.69, 9.17) is 4.74 Å². The van der Waals surface area contributed by atoms with Crippen molar-refractivity contribution in [2.75, 3.05) is 43.6 Å². The van der Waals surface area contributed by atoms with Crippen LogP contribution in [0.2, 0.25) is 0 Å². The van der Waals surface area contributed by atoms with Crippen LogP contribution in [-0.2, 0) is 27.6 Å². The molecule has 0 radical (unpaired) electrons. The van der Waals surface area contributed by atoms with Crippen LogP contribution < -0.4 is 14.9 Å². The van der Waals surface area contributed by atoms with Gasteiger partial charge in [-0.05, 0) is 64.8 Å². The summed E-state index contributed by atoms with van der Waals surface area (Å²) in [6, 6.07) is 13.3. The second kappa shape index (κ2) is 10.8. The van der Waals surface area contributed by atoms with Crippen molar-refractivity contribution in [2.45, 2.75) is 24.7 Å². The number of hydrogen-bond donors (Lipinski definition) is 2. The fourth-order valence-electron chi connectivity index (χ4n) is 3.92. The molecule has 10 heteroatoms. The monoisotopic (exact) mass is 545 g/mol. The molecular formula is C24H28BrN5O3S. The Hall–Kier alpha value is -2.53. The lowest BCUT2D eigenvalue weighted by Crippen LogP contribution is -2.36. The van der Waals surface area contributed by atoms with E-state index in [1.165, 1.54) is 23.9 Å². The maximum absolute atomic E-state index is 12.4. The molecule has 1 fully saturated rings. The summed E-state index contributed by atoms with van der Waals surface area (Å²) < 4.78 is 33.3. The van der Waals surface area contributed by atoms with E-state index in [0.717, 1.165) is 32.7 Å². The Morgan fingerprint density at radius 2 is 1.88 bits per heavy atom. The molecule has 1 aliphatic heterocycles. The van der Waals surface area contributed by atoms with Crippen LogP contribution >= 0.6 is 15.9 Å². The molecule has 0 amide bonds. The van der Waals surface area contributed by atoms with Crippen LogP contribution in [0.25, 0.3) is 0 Å². The summed E-state index contributed by atoms with van der Waals surface area (Å²) in [4.78, 5) is 11.7. The Kier molecular flexibility index (Phi) is 7.82. The SMILES string of the molecule is CCc1cc(N2CCOCC2)ccc1Cc1ncc(Br)c(Nc2ccccc2S(=O)(=O)NC)n1. The van der Waals surface area contributed by atoms with Gasteiger partial charge in [-0.2, -0.15) is 0 Å². The number of nitrogens with zero attached hydrogens (tertiary/aromatic N) is 3. The van der Waals surface area contributed by atoms with Gasteiger partial charge in [0.1, 0.15) is 16.5 Å². The van der Waals surface area contributed by atoms with Gasteiger partial charge in [0.05, 0.1) is 23.4 Å². The quantitative estimate of drug-likeness (QED) is 0.443. The minimum Gasteiger partial charge on any atom is -0.378 e. The highest BCUT2D eigenvalue weighted by Gasteiger charge is 2.18. The first-order chi connectivity index (χ1) is 16.4. The van der Waals surface area contributed by atoms with Gasteiger partial charge in [0.2, 0.25) is 10.0 Å². The van der Waals surface area contributed by atoms with E-state index in [1.54, 1.807) is 30.5 Å². The summed E-state index contributed by atoms with van der Waals surface area (Å²) in [5.74, 6) is 1.15. The zero-order valence-corrected chi connectivity index (χ0v) is 21.6. The highest BCUT2D eigenvalue weighted by atomic mass is 79.9. The number of morpholine rings is 1. The highest BCUT2D eigenvalue weighted by molar-refractivity contribution is 9.10. The molecule has 1 aromatic heterocycles. The third-order valence-electron chi connectivity index (χ3n) is 5.79. The smallest absolute Gasteiger partial charge is 0.242 e. The van der Waals surface area contributed by atoms with E-state index >= 15 is 0 Å². The number of sulfonamides is 1. The van der Waals surface area contributed by atoms with Crippen LogP contribution in [0.1, 0.15) is 23.9 Å². The van der Waals surface area contributed by atoms with Crippen molar-refractivity contribution in [2.24, 2.45) is 0 Å². The average molecular weight is 546 g/mol. The third-order valence-corrected chi connectivity index (χ3v) is 7.84. The Bertz CT molecular complexity index is 1260. The van der Waals surface area contributed by atoms with Crippen molar-refractivity contribution in [1.82, 2.24) is 14.7 Å². The number of benzene rings is 2. The van der Waals surface area contributed by atoms with Crippen LogP contribution in [0.3, 0.4) is 0 Å². The van der Waals surface area contributed by atoms with Crippen LogP contribution in [-0.4, -0.2) is 51.7 Å². The summed E-state index contributed by atoms with van der Waals surface area (Å²) in [5, 5.41) is 3.15. The van der Waals surface area contributed by atoms with Crippen molar-refractivity contribution in [3.63, 3.8) is 0 Å². The number of aryl methyl sites for hydroxylation is 1. The molecule has 0 atom stereocenters. The predicted octanol–water partition coefficient (Wildman–Crippen LogP) is 3.88. The van der Waals surface area contributed by atoms with Crippen molar-refractivity contribution >= 4 is 43.1 Å². The number of nitrogens with one attached hydrogen (secondary N) is 2. The van der Waals surface area contributed by atoms with Crippen molar-refractivity contribution in [3.05, 3.63) is 70.1 Å². The van der Waals surface area contributed by atoms with Crippen molar-refractivity contribution in [1.29, 1.82) is 0 Å². The molecule has 0 unspecified atom stereocenters. The largest absolute Gasteiger partial charge is 0.378 e. The van der Waals surface area contributed by atoms with E-state index in [1.807, 2.05) is 0 Å². The second-order valence-corrected chi connectivity index (χ2v) is 10.6. The van der Waals surface area contributed by atoms with E-state index in [9.17, 15) is 8.42 Å². The maximum atomic E-state index is 12.4. The molecule has 0 aliphatic carbocycles. The van der Waals surface area contributed by atoms with Crippen molar-refractivity contribution in [3.8, 4) is 0 Å². The Labute approximate surface area is 209 Å². The van der Waals surface area contributed by atoms with Crippen LogP contribution in [0.15, 0.2) is 58.0 Å². The summed E-state index contributed by atoms with van der Waals surface area (Å²) in [6.45, 7) is 5.46.